The van der Waals surface area contributed by atoms with Crippen molar-refractivity contribution in [1.82, 2.24) is 14.9 Å². The van der Waals surface area contributed by atoms with Crippen LogP contribution in [0.1, 0.15) is 19.8 Å². The maximum Gasteiger partial charge on any atom is 0.158 e. The number of ketones is 1. The SMILES string of the molecule is CCC(=O)CCN1CCN(c2ncnc3c(F)c(-c4cc(O)cc5ccccc45)c(Cl)cc23)CC1. The van der Waals surface area contributed by atoms with E-state index in [1.165, 1.54) is 12.4 Å². The fourth-order valence-electron chi connectivity index (χ4n) is 4.76. The van der Waals surface area contributed by atoms with Crippen molar-refractivity contribution in [3.8, 4) is 16.9 Å². The Morgan fingerprint density at radius 3 is 2.63 bits per heavy atom. The summed E-state index contributed by atoms with van der Waals surface area (Å²) in [5, 5.41) is 12.6. The smallest absolute Gasteiger partial charge is 0.158 e. The Kier molecular flexibility index (Phi) is 6.54. The van der Waals surface area contributed by atoms with Gasteiger partial charge in [0.1, 0.15) is 29.2 Å². The predicted octanol–water partition coefficient (Wildman–Crippen LogP) is 5.44. The molecule has 0 aliphatic carbocycles. The van der Waals surface area contributed by atoms with Crippen molar-refractivity contribution in [2.75, 3.05) is 37.6 Å². The molecule has 1 fully saturated rings. The van der Waals surface area contributed by atoms with Crippen LogP contribution in [0.2, 0.25) is 5.02 Å². The monoisotopic (exact) mass is 492 g/mol. The van der Waals surface area contributed by atoms with Crippen LogP contribution < -0.4 is 4.90 Å². The van der Waals surface area contributed by atoms with E-state index in [0.29, 0.717) is 42.7 Å². The van der Waals surface area contributed by atoms with E-state index in [1.54, 1.807) is 12.1 Å². The number of halogens is 2. The van der Waals surface area contributed by atoms with Crippen LogP contribution in [-0.2, 0) is 4.79 Å². The molecule has 0 unspecified atom stereocenters. The van der Waals surface area contributed by atoms with Crippen LogP contribution >= 0.6 is 11.6 Å². The third-order valence-corrected chi connectivity index (χ3v) is 6.99. The van der Waals surface area contributed by atoms with Crippen LogP contribution in [0.3, 0.4) is 0 Å². The Balaban J connectivity index is 1.50. The second kappa shape index (κ2) is 9.76. The average molecular weight is 493 g/mol. The highest BCUT2D eigenvalue weighted by atomic mass is 35.5. The van der Waals surface area contributed by atoms with E-state index >= 15 is 4.39 Å². The Labute approximate surface area is 208 Å². The van der Waals surface area contributed by atoms with Gasteiger partial charge in [-0.1, -0.05) is 42.8 Å². The highest BCUT2D eigenvalue weighted by Crippen LogP contribution is 2.41. The van der Waals surface area contributed by atoms with Crippen molar-refractivity contribution in [2.45, 2.75) is 19.8 Å². The van der Waals surface area contributed by atoms with Crippen LogP contribution in [0.5, 0.6) is 5.75 Å². The zero-order valence-corrected chi connectivity index (χ0v) is 20.2. The Hall–Kier alpha value is -3.29. The van der Waals surface area contributed by atoms with Gasteiger partial charge < -0.3 is 10.0 Å². The summed E-state index contributed by atoms with van der Waals surface area (Å²) in [7, 11) is 0. The van der Waals surface area contributed by atoms with Gasteiger partial charge >= 0.3 is 0 Å². The number of Topliss-reactive ketones (excluding diaryl/α,β-unsaturated/α-hetero) is 1. The third kappa shape index (κ3) is 4.54. The predicted molar refractivity (Wildman–Crippen MR) is 138 cm³/mol. The Bertz CT molecular complexity index is 1420. The minimum absolute atomic E-state index is 0.0381. The van der Waals surface area contributed by atoms with Crippen molar-refractivity contribution in [3.63, 3.8) is 0 Å². The summed E-state index contributed by atoms with van der Waals surface area (Å²) in [4.78, 5) is 24.8. The number of aromatic hydroxyl groups is 1. The average Bonchev–Trinajstić information content (AvgIpc) is 2.87. The first-order chi connectivity index (χ1) is 17.0. The van der Waals surface area contributed by atoms with Crippen LogP contribution in [0.4, 0.5) is 10.2 Å². The number of piperazine rings is 1. The number of benzene rings is 3. The number of carbonyl (C=O) groups excluding carboxylic acids is 1. The molecular weight excluding hydrogens is 467 g/mol. The van der Waals surface area contributed by atoms with Crippen LogP contribution in [0, 0.1) is 5.82 Å². The molecule has 1 aliphatic rings. The number of hydrogen-bond donors (Lipinski definition) is 1. The van der Waals surface area contributed by atoms with Gasteiger partial charge in [-0.3, -0.25) is 9.69 Å². The molecule has 0 spiro atoms. The lowest BCUT2D eigenvalue weighted by molar-refractivity contribution is -0.119. The van der Waals surface area contributed by atoms with E-state index in [9.17, 15) is 9.90 Å². The van der Waals surface area contributed by atoms with Gasteiger partial charge in [-0.2, -0.15) is 0 Å². The van der Waals surface area contributed by atoms with Crippen molar-refractivity contribution in [3.05, 3.63) is 59.6 Å². The lowest BCUT2D eigenvalue weighted by atomic mass is 9.96. The molecule has 180 valence electrons. The maximum atomic E-state index is 16.0. The first-order valence-electron chi connectivity index (χ1n) is 11.8. The summed E-state index contributed by atoms with van der Waals surface area (Å²) in [5.41, 5.74) is 0.916. The largest absolute Gasteiger partial charge is 0.508 e. The molecule has 0 atom stereocenters. The van der Waals surface area contributed by atoms with Crippen LogP contribution in [0.15, 0.2) is 48.8 Å². The van der Waals surface area contributed by atoms with E-state index < -0.39 is 5.82 Å². The van der Waals surface area contributed by atoms with Crippen molar-refractivity contribution >= 4 is 44.9 Å². The Morgan fingerprint density at radius 1 is 1.09 bits per heavy atom. The molecular formula is C27H26ClFN4O2. The fourth-order valence-corrected chi connectivity index (χ4v) is 5.05. The van der Waals surface area contributed by atoms with Gasteiger partial charge in [0.15, 0.2) is 5.82 Å². The quantitative estimate of drug-likeness (QED) is 0.386. The Morgan fingerprint density at radius 2 is 1.86 bits per heavy atom. The molecule has 0 amide bonds. The topological polar surface area (TPSA) is 69.6 Å². The number of fused-ring (bicyclic) bond motifs is 2. The minimum Gasteiger partial charge on any atom is -0.508 e. The van der Waals surface area contributed by atoms with Gasteiger partial charge in [-0.15, -0.1) is 0 Å². The second-order valence-electron chi connectivity index (χ2n) is 8.83. The van der Waals surface area contributed by atoms with E-state index in [2.05, 4.69) is 19.8 Å². The summed E-state index contributed by atoms with van der Waals surface area (Å²) < 4.78 is 16.0. The molecule has 1 N–H and O–H groups in total. The lowest BCUT2D eigenvalue weighted by Gasteiger charge is -2.35. The standard InChI is InChI=1S/C27H26ClFN4O2/c1-2-18(34)7-8-32-9-11-33(12-10-32)27-22-15-23(28)24(25(29)26(22)30-16-31-27)21-14-19(35)13-17-5-3-4-6-20(17)21/h3-6,13-16,35H,2,7-12H2,1H3. The molecule has 0 radical (unpaired) electrons. The summed E-state index contributed by atoms with van der Waals surface area (Å²) in [5.74, 6) is 0.418. The van der Waals surface area contributed by atoms with Gasteiger partial charge in [0.2, 0.25) is 0 Å². The molecule has 8 heteroatoms. The van der Waals surface area contributed by atoms with Gasteiger partial charge in [-0.05, 0) is 34.5 Å². The van der Waals surface area contributed by atoms with Gasteiger partial charge in [0.05, 0.1) is 5.02 Å². The lowest BCUT2D eigenvalue weighted by Crippen LogP contribution is -2.47. The summed E-state index contributed by atoms with van der Waals surface area (Å²) in [6, 6.07) is 12.4. The van der Waals surface area contributed by atoms with Crippen molar-refractivity contribution in [2.24, 2.45) is 0 Å². The molecule has 5 rings (SSSR count). The summed E-state index contributed by atoms with van der Waals surface area (Å²) in [6.07, 6.45) is 2.52. The summed E-state index contributed by atoms with van der Waals surface area (Å²) >= 11 is 6.68. The zero-order chi connectivity index (χ0) is 24.5. The zero-order valence-electron chi connectivity index (χ0n) is 19.5. The number of phenols is 1. The minimum atomic E-state index is -0.538. The first-order valence-corrected chi connectivity index (χ1v) is 12.2. The molecule has 1 aromatic heterocycles. The molecule has 2 heterocycles. The fraction of sp³-hybridized carbons (Fsp3) is 0.296. The third-order valence-electron chi connectivity index (χ3n) is 6.69. The maximum absolute atomic E-state index is 16.0. The highest BCUT2D eigenvalue weighted by Gasteiger charge is 2.24. The second-order valence-corrected chi connectivity index (χ2v) is 9.23. The molecule has 1 saturated heterocycles. The molecule has 4 aromatic rings. The highest BCUT2D eigenvalue weighted by molar-refractivity contribution is 6.35. The molecule has 3 aromatic carbocycles. The number of hydrogen-bond acceptors (Lipinski definition) is 6. The molecule has 35 heavy (non-hydrogen) atoms. The van der Waals surface area contributed by atoms with E-state index in [0.717, 1.165) is 30.4 Å². The van der Waals surface area contributed by atoms with E-state index in [4.69, 9.17) is 11.6 Å². The van der Waals surface area contributed by atoms with Crippen LogP contribution in [0.25, 0.3) is 32.8 Å². The van der Waals surface area contributed by atoms with Crippen molar-refractivity contribution < 1.29 is 14.3 Å². The number of carbonyl (C=O) groups is 1. The normalized spacial score (nSPS) is 14.7. The number of rotatable bonds is 6. The molecule has 1 aliphatic heterocycles. The number of phenolic OH excluding ortho intramolecular Hbond substituents is 1. The van der Waals surface area contributed by atoms with E-state index in [1.807, 2.05) is 31.2 Å². The number of aromatic nitrogens is 2. The van der Waals surface area contributed by atoms with Gasteiger partial charge in [0, 0.05) is 56.5 Å². The van der Waals surface area contributed by atoms with Crippen LogP contribution in [-0.4, -0.2) is 58.5 Å². The molecule has 0 saturated carbocycles. The molecule has 6 nitrogen and oxygen atoms in total. The van der Waals surface area contributed by atoms with E-state index in [-0.39, 0.29) is 27.6 Å². The van der Waals surface area contributed by atoms with Crippen molar-refractivity contribution in [1.29, 1.82) is 0 Å². The number of anilines is 1. The number of nitrogens with zero attached hydrogens (tertiary/aromatic N) is 4. The van der Waals surface area contributed by atoms with Gasteiger partial charge in [-0.25, -0.2) is 14.4 Å². The summed E-state index contributed by atoms with van der Waals surface area (Å²) in [6.45, 7) is 5.67. The first kappa shape index (κ1) is 23.5. The van der Waals surface area contributed by atoms with Gasteiger partial charge in [0.25, 0.3) is 0 Å². The molecule has 0 bridgehead atoms.